The number of rotatable bonds is 4. The van der Waals surface area contributed by atoms with Crippen LogP contribution in [0, 0.1) is 20.2 Å². The molecule has 2 aromatic rings. The maximum absolute atomic E-state index is 11.7. The fourth-order valence-electron chi connectivity index (χ4n) is 4.15. The first-order valence-corrected chi connectivity index (χ1v) is 11.1. The number of anilines is 1. The van der Waals surface area contributed by atoms with Crippen LogP contribution in [0.4, 0.5) is 21.9 Å². The number of benzene rings is 2. The van der Waals surface area contributed by atoms with Crippen LogP contribution in [0.2, 0.25) is 0 Å². The van der Waals surface area contributed by atoms with Gasteiger partial charge in [-0.15, -0.1) is 0 Å². The van der Waals surface area contributed by atoms with Crippen LogP contribution in [0.25, 0.3) is 0 Å². The molecule has 0 aromatic heterocycles. The number of hydrogen-bond acceptors (Lipinski definition) is 9. The Morgan fingerprint density at radius 3 is 2.56 bits per heavy atom. The molecule has 13 heteroatoms. The first-order chi connectivity index (χ1) is 16.1. The summed E-state index contributed by atoms with van der Waals surface area (Å²) in [5.74, 6) is 0.0462. The smallest absolute Gasteiger partial charge is 0.346 e. The van der Waals surface area contributed by atoms with Gasteiger partial charge < -0.3 is 10.1 Å². The van der Waals surface area contributed by atoms with E-state index in [0.717, 1.165) is 52.8 Å². The monoisotopic (exact) mass is 484 g/mol. The van der Waals surface area contributed by atoms with Crippen LogP contribution in [0.15, 0.2) is 46.7 Å². The lowest BCUT2D eigenvalue weighted by molar-refractivity contribution is -0.422. The number of nitrogens with zero attached hydrogens (tertiary/aromatic N) is 5. The summed E-state index contributed by atoms with van der Waals surface area (Å²) in [6, 6.07) is 9.05. The van der Waals surface area contributed by atoms with Crippen LogP contribution in [-0.2, 0) is 6.42 Å². The number of aryl methyl sites for hydroxylation is 1. The topological polar surface area (TPSA) is 164 Å². The minimum atomic E-state index is -0.837. The first kappa shape index (κ1) is 23.2. The molecule has 0 unspecified atom stereocenters. The average molecular weight is 484 g/mol. The number of oxime groups is 1. The second-order valence-corrected chi connectivity index (χ2v) is 9.81. The Kier molecular flexibility index (Phi) is 5.96. The minimum absolute atomic E-state index is 0.0462. The Morgan fingerprint density at radius 2 is 1.91 bits per heavy atom. The molecule has 0 saturated carbocycles. The second-order valence-electron chi connectivity index (χ2n) is 8.21. The van der Waals surface area contributed by atoms with Gasteiger partial charge in [0.25, 0.3) is 5.24 Å². The van der Waals surface area contributed by atoms with Gasteiger partial charge in [-0.1, -0.05) is 23.0 Å². The van der Waals surface area contributed by atoms with E-state index < -0.39 is 26.0 Å². The van der Waals surface area contributed by atoms with Crippen molar-refractivity contribution in [3.63, 3.8) is 0 Å². The van der Waals surface area contributed by atoms with Crippen LogP contribution in [-0.4, -0.2) is 43.1 Å². The lowest BCUT2D eigenvalue weighted by Gasteiger charge is -2.33. The fraction of sp³-hybridized carbons (Fsp3) is 0.286. The molecule has 0 spiro atoms. The van der Waals surface area contributed by atoms with Gasteiger partial charge in [0.1, 0.15) is 0 Å². The number of amidine groups is 1. The van der Waals surface area contributed by atoms with Crippen molar-refractivity contribution < 1.29 is 19.8 Å². The molecule has 1 amide bonds. The van der Waals surface area contributed by atoms with Crippen molar-refractivity contribution in [1.82, 2.24) is 5.43 Å². The lowest BCUT2D eigenvalue weighted by Crippen LogP contribution is -2.39. The third kappa shape index (κ3) is 4.17. The molecule has 0 fully saturated rings. The van der Waals surface area contributed by atoms with Gasteiger partial charge in [0, 0.05) is 29.9 Å². The highest BCUT2D eigenvalue weighted by Gasteiger charge is 2.35. The normalized spacial score (nSPS) is 17.5. The molecule has 2 aromatic carbocycles. The molecule has 176 valence electrons. The summed E-state index contributed by atoms with van der Waals surface area (Å²) in [6.07, 6.45) is 1.46. The molecule has 2 aliphatic heterocycles. The molecule has 0 aliphatic carbocycles. The van der Waals surface area contributed by atoms with Crippen LogP contribution < -0.4 is 10.3 Å². The van der Waals surface area contributed by atoms with Crippen molar-refractivity contribution in [3.8, 4) is 0 Å². The van der Waals surface area contributed by atoms with Gasteiger partial charge in [0.05, 0.1) is 20.3 Å². The van der Waals surface area contributed by atoms with Gasteiger partial charge in [0.15, 0.2) is 5.84 Å². The Bertz CT molecular complexity index is 1270. The molecular formula is C21H20N6O6S. The number of amides is 1. The summed E-state index contributed by atoms with van der Waals surface area (Å²) in [4.78, 5) is 34.3. The van der Waals surface area contributed by atoms with Crippen molar-refractivity contribution in [2.45, 2.75) is 31.4 Å². The molecule has 2 heterocycles. The zero-order chi connectivity index (χ0) is 24.6. The third-order valence-corrected chi connectivity index (χ3v) is 6.61. The van der Waals surface area contributed by atoms with Gasteiger partial charge in [-0.05, 0) is 56.0 Å². The van der Waals surface area contributed by atoms with Gasteiger partial charge in [-0.3, -0.25) is 25.0 Å². The molecule has 0 atom stereocenters. The highest BCUT2D eigenvalue weighted by Crippen LogP contribution is 2.36. The zero-order valence-corrected chi connectivity index (χ0v) is 19.0. The summed E-state index contributed by atoms with van der Waals surface area (Å²) < 4.78 is -0.527. The second kappa shape index (κ2) is 8.74. The zero-order valence-electron chi connectivity index (χ0n) is 18.2. The van der Waals surface area contributed by atoms with Crippen LogP contribution in [0.3, 0.4) is 0 Å². The van der Waals surface area contributed by atoms with Crippen molar-refractivity contribution in [3.05, 3.63) is 73.3 Å². The molecule has 0 radical (unpaired) electrons. The molecule has 4 rings (SSSR count). The number of carbonyl (C=O) groups excluding carboxylic acids is 1. The van der Waals surface area contributed by atoms with E-state index >= 15 is 0 Å². The highest BCUT2D eigenvalue weighted by molar-refractivity contribution is 8.15. The van der Waals surface area contributed by atoms with Crippen molar-refractivity contribution in [2.24, 2.45) is 10.3 Å². The Balaban J connectivity index is 1.73. The molecule has 2 aliphatic rings. The Hall–Kier alpha value is -4.00. The van der Waals surface area contributed by atoms with Crippen LogP contribution in [0.5, 0.6) is 0 Å². The minimum Gasteiger partial charge on any atom is -0.409 e. The third-order valence-electron chi connectivity index (χ3n) is 5.63. The van der Waals surface area contributed by atoms with E-state index in [-0.39, 0.29) is 16.6 Å². The average Bonchev–Trinajstić information content (AvgIpc) is 2.78. The van der Waals surface area contributed by atoms with Gasteiger partial charge in [-0.25, -0.2) is 5.43 Å². The molecule has 34 heavy (non-hydrogen) atoms. The molecule has 12 nitrogen and oxygen atoms in total. The maximum atomic E-state index is 11.7. The van der Waals surface area contributed by atoms with E-state index in [2.05, 4.69) is 15.7 Å². The number of nitro benzene ring substituents is 2. The molecule has 0 bridgehead atoms. The number of fused-ring (bicyclic) bond motifs is 1. The Morgan fingerprint density at radius 1 is 1.18 bits per heavy atom. The maximum Gasteiger partial charge on any atom is 0.346 e. The number of hydrogen-bond donors (Lipinski definition) is 2. The molecule has 2 N–H and O–H groups in total. The quantitative estimate of drug-likeness (QED) is 0.216. The first-order valence-electron chi connectivity index (χ1n) is 10.3. The van der Waals surface area contributed by atoms with E-state index in [1.165, 1.54) is 6.07 Å². The summed E-state index contributed by atoms with van der Waals surface area (Å²) in [7, 11) is 0. The summed E-state index contributed by atoms with van der Waals surface area (Å²) in [5.41, 5.74) is 4.59. The standard InChI is InChI=1S/C21H20N6O6S/c1-21(2)18(22-23-20(28)34-21)13-5-7-15-12(10-13)4-3-9-25(15)19(24-29)14-6-8-16(26(30)31)17(11-14)27(32)33/h5-8,10-11,29H,3-4,9H2,1-2H3,(H,23,28). The van der Waals surface area contributed by atoms with Crippen molar-refractivity contribution in [2.75, 3.05) is 11.4 Å². The van der Waals surface area contributed by atoms with Crippen molar-refractivity contribution in [1.29, 1.82) is 0 Å². The van der Waals surface area contributed by atoms with Gasteiger partial charge in [-0.2, -0.15) is 5.10 Å². The lowest BCUT2D eigenvalue weighted by atomic mass is 9.93. The number of nitrogens with one attached hydrogen (secondary N) is 1. The number of thioether (sulfide) groups is 1. The highest BCUT2D eigenvalue weighted by atomic mass is 32.2. The number of hydrazone groups is 1. The largest absolute Gasteiger partial charge is 0.409 e. The van der Waals surface area contributed by atoms with Gasteiger partial charge >= 0.3 is 11.4 Å². The summed E-state index contributed by atoms with van der Waals surface area (Å²) in [5, 5.41) is 39.7. The van der Waals surface area contributed by atoms with E-state index in [0.29, 0.717) is 13.0 Å². The van der Waals surface area contributed by atoms with E-state index in [1.54, 1.807) is 4.90 Å². The van der Waals surface area contributed by atoms with E-state index in [9.17, 15) is 30.2 Å². The van der Waals surface area contributed by atoms with Crippen LogP contribution >= 0.6 is 11.8 Å². The van der Waals surface area contributed by atoms with Crippen molar-refractivity contribution >= 4 is 45.6 Å². The predicted molar refractivity (Wildman–Crippen MR) is 127 cm³/mol. The SMILES string of the molecule is CC1(C)SC(=O)NN=C1c1ccc2c(c1)CCCN2C(=NO)c1ccc([N+](=O)[O-])c([N+](=O)[O-])c1. The fourth-order valence-corrected chi connectivity index (χ4v) is 4.96. The summed E-state index contributed by atoms with van der Waals surface area (Å²) in [6.45, 7) is 4.31. The molecule has 0 saturated heterocycles. The Labute approximate surface area is 197 Å². The predicted octanol–water partition coefficient (Wildman–Crippen LogP) is 4.03. The van der Waals surface area contributed by atoms with Crippen LogP contribution in [0.1, 0.15) is 37.0 Å². The summed E-state index contributed by atoms with van der Waals surface area (Å²) >= 11 is 1.15. The van der Waals surface area contributed by atoms with Gasteiger partial charge in [0.2, 0.25) is 0 Å². The number of nitro groups is 2. The van der Waals surface area contributed by atoms with E-state index in [1.807, 2.05) is 32.0 Å². The molecular weight excluding hydrogens is 464 g/mol. The van der Waals surface area contributed by atoms with E-state index in [4.69, 9.17) is 0 Å². The number of carbonyl (C=O) groups is 1.